The second-order valence-corrected chi connectivity index (χ2v) is 8.66. The maximum absolute atomic E-state index is 12.7. The van der Waals surface area contributed by atoms with Gasteiger partial charge in [-0.05, 0) is 37.8 Å². The summed E-state index contributed by atoms with van der Waals surface area (Å²) in [7, 11) is 0. The van der Waals surface area contributed by atoms with Crippen LogP contribution in [0.5, 0.6) is 0 Å². The second-order valence-electron chi connectivity index (χ2n) is 8.66. The van der Waals surface area contributed by atoms with E-state index < -0.39 is 23.4 Å². The van der Waals surface area contributed by atoms with E-state index in [9.17, 15) is 18.0 Å². The van der Waals surface area contributed by atoms with E-state index in [-0.39, 0.29) is 11.4 Å². The molecule has 2 N–H and O–H groups in total. The van der Waals surface area contributed by atoms with Gasteiger partial charge in [-0.3, -0.25) is 4.79 Å². The maximum atomic E-state index is 12.7. The molecule has 0 bridgehead atoms. The number of halogens is 3. The summed E-state index contributed by atoms with van der Waals surface area (Å²) in [5.41, 5.74) is -0.991. The van der Waals surface area contributed by atoms with Gasteiger partial charge in [0.25, 0.3) is 0 Å². The maximum Gasteiger partial charge on any atom is 0.416 e. The van der Waals surface area contributed by atoms with Crippen molar-refractivity contribution in [1.82, 2.24) is 10.6 Å². The van der Waals surface area contributed by atoms with Gasteiger partial charge in [0.15, 0.2) is 0 Å². The fourth-order valence-electron chi connectivity index (χ4n) is 2.50. The minimum Gasteiger partial charge on any atom is -0.459 e. The predicted molar refractivity (Wildman–Crippen MR) is 100 cm³/mol. The molecule has 27 heavy (non-hydrogen) atoms. The number of esters is 1. The molecule has 0 saturated carbocycles. The van der Waals surface area contributed by atoms with Gasteiger partial charge < -0.3 is 15.4 Å². The number of hydrogen-bond acceptors (Lipinski definition) is 4. The minimum absolute atomic E-state index is 0.312. The molecule has 4 nitrogen and oxygen atoms in total. The lowest BCUT2D eigenvalue weighted by molar-refractivity contribution is -0.160. The lowest BCUT2D eigenvalue weighted by Crippen LogP contribution is -2.50. The number of hydrogen-bond donors (Lipinski definition) is 2. The number of alkyl halides is 3. The van der Waals surface area contributed by atoms with Crippen molar-refractivity contribution >= 4 is 5.97 Å². The molecule has 0 radical (unpaired) electrons. The average Bonchev–Trinajstić information content (AvgIpc) is 2.47. The summed E-state index contributed by atoms with van der Waals surface area (Å²) in [4.78, 5) is 12.4. The van der Waals surface area contributed by atoms with E-state index in [1.165, 1.54) is 6.07 Å². The van der Waals surface area contributed by atoms with Crippen LogP contribution in [0.3, 0.4) is 0 Å². The largest absolute Gasteiger partial charge is 0.459 e. The van der Waals surface area contributed by atoms with Crippen molar-refractivity contribution in [1.29, 1.82) is 0 Å². The second kappa shape index (κ2) is 9.06. The standard InChI is InChI=1S/C20H31F3N2O2/c1-18(2,3)16(17(26)27-19(4,5)6)25-11-10-24-13-14-8-7-9-15(12-14)20(21,22)23/h7-9,12,16,24-25H,10-11,13H2,1-6H3/t16-/m1/s1. The number of benzene rings is 1. The zero-order valence-electron chi connectivity index (χ0n) is 17.0. The zero-order valence-corrected chi connectivity index (χ0v) is 17.0. The van der Waals surface area contributed by atoms with Gasteiger partial charge in [0.2, 0.25) is 0 Å². The molecule has 0 aliphatic rings. The summed E-state index contributed by atoms with van der Waals surface area (Å²) in [6, 6.07) is 4.76. The number of nitrogens with one attached hydrogen (secondary N) is 2. The van der Waals surface area contributed by atoms with E-state index >= 15 is 0 Å². The Morgan fingerprint density at radius 1 is 1.07 bits per heavy atom. The van der Waals surface area contributed by atoms with Gasteiger partial charge in [-0.2, -0.15) is 13.2 Å². The summed E-state index contributed by atoms with van der Waals surface area (Å²) in [5, 5.41) is 6.28. The van der Waals surface area contributed by atoms with Gasteiger partial charge in [-0.15, -0.1) is 0 Å². The molecular formula is C20H31F3N2O2. The smallest absolute Gasteiger partial charge is 0.416 e. The van der Waals surface area contributed by atoms with Gasteiger partial charge in [0.1, 0.15) is 11.6 Å². The fourth-order valence-corrected chi connectivity index (χ4v) is 2.50. The monoisotopic (exact) mass is 388 g/mol. The molecule has 0 aromatic heterocycles. The molecule has 1 rings (SSSR count). The third kappa shape index (κ3) is 8.75. The Morgan fingerprint density at radius 3 is 2.22 bits per heavy atom. The molecule has 1 aromatic rings. The van der Waals surface area contributed by atoms with Crippen LogP contribution in [0.4, 0.5) is 13.2 Å². The highest BCUT2D eigenvalue weighted by atomic mass is 19.4. The molecule has 0 unspecified atom stereocenters. The molecule has 0 aliphatic carbocycles. The molecule has 7 heteroatoms. The van der Waals surface area contributed by atoms with E-state index in [1.54, 1.807) is 6.07 Å². The molecule has 0 aliphatic heterocycles. The Bertz CT molecular complexity index is 617. The van der Waals surface area contributed by atoms with Gasteiger partial charge in [-0.1, -0.05) is 39.0 Å². The van der Waals surface area contributed by atoms with Crippen molar-refractivity contribution in [3.8, 4) is 0 Å². The van der Waals surface area contributed by atoms with Crippen LogP contribution in [-0.2, 0) is 22.3 Å². The molecular weight excluding hydrogens is 357 g/mol. The summed E-state index contributed by atoms with van der Waals surface area (Å²) in [6.45, 7) is 12.6. The van der Waals surface area contributed by atoms with Crippen LogP contribution in [-0.4, -0.2) is 30.7 Å². The Balaban J connectivity index is 2.52. The lowest BCUT2D eigenvalue weighted by atomic mass is 9.86. The molecule has 0 fully saturated rings. The normalized spacial score (nSPS) is 14.1. The van der Waals surface area contributed by atoms with Crippen molar-refractivity contribution in [2.24, 2.45) is 5.41 Å². The van der Waals surface area contributed by atoms with Gasteiger partial charge in [0, 0.05) is 19.6 Å². The van der Waals surface area contributed by atoms with Crippen molar-refractivity contribution in [3.63, 3.8) is 0 Å². The zero-order chi connectivity index (χ0) is 20.9. The van der Waals surface area contributed by atoms with Crippen molar-refractivity contribution in [2.45, 2.75) is 65.9 Å². The van der Waals surface area contributed by atoms with Crippen LogP contribution in [0.1, 0.15) is 52.7 Å². The first kappa shape index (κ1) is 23.4. The van der Waals surface area contributed by atoms with Crippen LogP contribution >= 0.6 is 0 Å². The highest BCUT2D eigenvalue weighted by Crippen LogP contribution is 2.29. The SMILES string of the molecule is CC(C)(C)OC(=O)[C@@H](NCCNCc1cccc(C(F)(F)F)c1)C(C)(C)C. The third-order valence-electron chi connectivity index (χ3n) is 3.74. The highest BCUT2D eigenvalue weighted by molar-refractivity contribution is 5.77. The van der Waals surface area contributed by atoms with Crippen molar-refractivity contribution < 1.29 is 22.7 Å². The molecule has 1 atom stereocenters. The fraction of sp³-hybridized carbons (Fsp3) is 0.650. The van der Waals surface area contributed by atoms with Crippen LogP contribution < -0.4 is 10.6 Å². The van der Waals surface area contributed by atoms with Crippen LogP contribution in [0.25, 0.3) is 0 Å². The topological polar surface area (TPSA) is 50.4 Å². The lowest BCUT2D eigenvalue weighted by Gasteiger charge is -2.32. The summed E-state index contributed by atoms with van der Waals surface area (Å²) in [6.07, 6.45) is -4.34. The van der Waals surface area contributed by atoms with Gasteiger partial charge in [-0.25, -0.2) is 0 Å². The Morgan fingerprint density at radius 2 is 1.70 bits per heavy atom. The van der Waals surface area contributed by atoms with E-state index in [0.717, 1.165) is 12.1 Å². The third-order valence-corrected chi connectivity index (χ3v) is 3.74. The van der Waals surface area contributed by atoms with Crippen molar-refractivity contribution in [2.75, 3.05) is 13.1 Å². The average molecular weight is 388 g/mol. The highest BCUT2D eigenvalue weighted by Gasteiger charge is 2.34. The quantitative estimate of drug-likeness (QED) is 0.544. The minimum atomic E-state index is -4.34. The van der Waals surface area contributed by atoms with E-state index in [0.29, 0.717) is 25.2 Å². The molecule has 154 valence electrons. The molecule has 1 aromatic carbocycles. The summed E-state index contributed by atoms with van der Waals surface area (Å²) >= 11 is 0. The van der Waals surface area contributed by atoms with E-state index in [4.69, 9.17) is 4.74 Å². The van der Waals surface area contributed by atoms with E-state index in [2.05, 4.69) is 10.6 Å². The molecule has 0 amide bonds. The number of ether oxygens (including phenoxy) is 1. The Kier molecular flexibility index (Phi) is 7.87. The van der Waals surface area contributed by atoms with Crippen molar-refractivity contribution in [3.05, 3.63) is 35.4 Å². The summed E-state index contributed by atoms with van der Waals surface area (Å²) in [5.74, 6) is -0.312. The first-order chi connectivity index (χ1) is 12.2. The Hall–Kier alpha value is -1.60. The number of carbonyl (C=O) groups is 1. The van der Waals surface area contributed by atoms with Gasteiger partial charge >= 0.3 is 12.1 Å². The van der Waals surface area contributed by atoms with Crippen LogP contribution in [0.15, 0.2) is 24.3 Å². The molecule has 0 heterocycles. The van der Waals surface area contributed by atoms with Crippen LogP contribution in [0.2, 0.25) is 0 Å². The van der Waals surface area contributed by atoms with Crippen LogP contribution in [0, 0.1) is 5.41 Å². The summed E-state index contributed by atoms with van der Waals surface area (Å²) < 4.78 is 43.7. The molecule has 0 saturated heterocycles. The first-order valence-electron chi connectivity index (χ1n) is 9.03. The Labute approximate surface area is 159 Å². The molecule has 0 spiro atoms. The van der Waals surface area contributed by atoms with E-state index in [1.807, 2.05) is 41.5 Å². The first-order valence-corrected chi connectivity index (χ1v) is 9.03. The predicted octanol–water partition coefficient (Wildman–Crippen LogP) is 4.14. The number of carbonyl (C=O) groups excluding carboxylic acids is 1. The van der Waals surface area contributed by atoms with Gasteiger partial charge in [0.05, 0.1) is 5.56 Å². The number of rotatable bonds is 7.